The summed E-state index contributed by atoms with van der Waals surface area (Å²) in [7, 11) is 4.02. The molecule has 190 valence electrons. The highest BCUT2D eigenvalue weighted by molar-refractivity contribution is 5.96. The molecule has 2 aromatic carbocycles. The summed E-state index contributed by atoms with van der Waals surface area (Å²) in [5.41, 5.74) is 5.04. The lowest BCUT2D eigenvalue weighted by atomic mass is 9.94. The average Bonchev–Trinajstić information content (AvgIpc) is 3.24. The van der Waals surface area contributed by atoms with Crippen LogP contribution in [0, 0.1) is 5.41 Å². The van der Waals surface area contributed by atoms with Gasteiger partial charge < -0.3 is 19.1 Å². The molecule has 0 aliphatic carbocycles. The number of nitrogens with zero attached hydrogens (tertiary/aromatic N) is 4. The van der Waals surface area contributed by atoms with Crippen molar-refractivity contribution in [1.82, 2.24) is 14.5 Å². The molecular formula is C30H38N4O2. The first-order valence-electron chi connectivity index (χ1n) is 13.1. The lowest BCUT2D eigenvalue weighted by Crippen LogP contribution is -2.36. The van der Waals surface area contributed by atoms with Gasteiger partial charge in [-0.05, 0) is 49.6 Å². The van der Waals surface area contributed by atoms with E-state index in [1.165, 1.54) is 11.1 Å². The second-order valence-corrected chi connectivity index (χ2v) is 11.3. The van der Waals surface area contributed by atoms with Crippen LogP contribution < -0.4 is 4.90 Å². The first kappa shape index (κ1) is 24.7. The van der Waals surface area contributed by atoms with Gasteiger partial charge in [-0.1, -0.05) is 57.2 Å². The Morgan fingerprint density at radius 3 is 2.42 bits per heavy atom. The Labute approximate surface area is 214 Å². The average molecular weight is 487 g/mol. The number of hydrogen-bond acceptors (Lipinski definition) is 4. The monoisotopic (exact) mass is 486 g/mol. The van der Waals surface area contributed by atoms with Crippen LogP contribution in [0.5, 0.6) is 0 Å². The molecule has 1 amide bonds. The summed E-state index contributed by atoms with van der Waals surface area (Å²) < 4.78 is 9.09. The van der Waals surface area contributed by atoms with E-state index in [-0.39, 0.29) is 18.1 Å². The van der Waals surface area contributed by atoms with Gasteiger partial charge in [0.15, 0.2) is 0 Å². The van der Waals surface area contributed by atoms with Gasteiger partial charge in [-0.15, -0.1) is 0 Å². The van der Waals surface area contributed by atoms with E-state index in [1.807, 2.05) is 40.0 Å². The Hall–Kier alpha value is -2.96. The molecule has 1 aromatic heterocycles. The molecule has 0 spiro atoms. The zero-order chi connectivity index (χ0) is 25.4. The maximum Gasteiger partial charge on any atom is 0.232 e. The fraction of sp³-hybridized carbons (Fsp3) is 0.467. The van der Waals surface area contributed by atoms with E-state index in [0.717, 1.165) is 61.7 Å². The largest absolute Gasteiger partial charge is 0.362 e. The highest BCUT2D eigenvalue weighted by Crippen LogP contribution is 2.36. The number of aryl methyl sites for hydroxylation is 2. The summed E-state index contributed by atoms with van der Waals surface area (Å²) in [5.74, 6) is 1.08. The third-order valence-electron chi connectivity index (χ3n) is 7.49. The molecule has 3 aromatic rings. The first-order valence-corrected chi connectivity index (χ1v) is 13.1. The van der Waals surface area contributed by atoms with Crippen LogP contribution in [0.1, 0.15) is 56.7 Å². The minimum atomic E-state index is -0.423. The molecule has 2 aliphatic rings. The number of likely N-dealkylation sites (tertiary alicyclic amines) is 1. The van der Waals surface area contributed by atoms with Crippen LogP contribution in [0.4, 0.5) is 5.69 Å². The molecule has 1 fully saturated rings. The van der Waals surface area contributed by atoms with E-state index >= 15 is 0 Å². The number of piperidine rings is 1. The molecule has 0 bridgehead atoms. The van der Waals surface area contributed by atoms with Gasteiger partial charge in [0, 0.05) is 49.5 Å². The summed E-state index contributed by atoms with van der Waals surface area (Å²) in [6.45, 7) is 8.85. The summed E-state index contributed by atoms with van der Waals surface area (Å²) in [4.78, 5) is 21.9. The van der Waals surface area contributed by atoms with Crippen LogP contribution in [0.25, 0.3) is 11.3 Å². The molecule has 6 nitrogen and oxygen atoms in total. The van der Waals surface area contributed by atoms with Crippen LogP contribution in [-0.4, -0.2) is 53.6 Å². The molecule has 0 radical (unpaired) electrons. The number of aromatic nitrogens is 2. The van der Waals surface area contributed by atoms with Crippen molar-refractivity contribution in [2.45, 2.75) is 58.8 Å². The van der Waals surface area contributed by atoms with Gasteiger partial charge >= 0.3 is 0 Å². The van der Waals surface area contributed by atoms with E-state index in [0.29, 0.717) is 0 Å². The van der Waals surface area contributed by atoms with Crippen LogP contribution in [0.2, 0.25) is 0 Å². The number of ether oxygens (including phenoxy) is 1. The fourth-order valence-electron chi connectivity index (χ4n) is 5.28. The number of benzene rings is 2. The minimum Gasteiger partial charge on any atom is -0.362 e. The second-order valence-electron chi connectivity index (χ2n) is 11.3. The molecule has 2 aliphatic heterocycles. The van der Waals surface area contributed by atoms with Gasteiger partial charge in [0.1, 0.15) is 11.9 Å². The molecule has 6 heteroatoms. The van der Waals surface area contributed by atoms with Gasteiger partial charge in [-0.2, -0.15) is 0 Å². The highest BCUT2D eigenvalue weighted by Gasteiger charge is 2.31. The summed E-state index contributed by atoms with van der Waals surface area (Å²) in [6.07, 6.45) is 5.29. The molecule has 3 heterocycles. The smallest absolute Gasteiger partial charge is 0.232 e. The highest BCUT2D eigenvalue weighted by atomic mass is 16.5. The first-order chi connectivity index (χ1) is 17.2. The Morgan fingerprint density at radius 1 is 1.03 bits per heavy atom. The molecule has 1 unspecified atom stereocenters. The maximum atomic E-state index is 12.7. The molecule has 0 N–H and O–H groups in total. The van der Waals surface area contributed by atoms with Crippen molar-refractivity contribution >= 4 is 11.6 Å². The van der Waals surface area contributed by atoms with Crippen molar-refractivity contribution < 1.29 is 9.53 Å². The van der Waals surface area contributed by atoms with Gasteiger partial charge in [0.05, 0.1) is 11.8 Å². The fourth-order valence-corrected chi connectivity index (χ4v) is 5.28. The van der Waals surface area contributed by atoms with E-state index in [4.69, 9.17) is 9.72 Å². The number of carbonyl (C=O) groups is 1. The van der Waals surface area contributed by atoms with Crippen LogP contribution in [0.15, 0.2) is 54.7 Å². The van der Waals surface area contributed by atoms with E-state index in [2.05, 4.69) is 59.1 Å². The minimum absolute atomic E-state index is 0.0940. The molecule has 1 atom stereocenters. The molecule has 0 saturated carbocycles. The topological polar surface area (TPSA) is 50.6 Å². The number of fused-ring (bicyclic) bond motifs is 2. The van der Waals surface area contributed by atoms with Crippen molar-refractivity contribution in [3.05, 3.63) is 71.7 Å². The van der Waals surface area contributed by atoms with Crippen molar-refractivity contribution in [2.24, 2.45) is 5.41 Å². The number of rotatable bonds is 4. The summed E-state index contributed by atoms with van der Waals surface area (Å²) in [5, 5.41) is 0. The number of imidazole rings is 1. The predicted molar refractivity (Wildman–Crippen MR) is 144 cm³/mol. The SMILES string of the molecule is CN1CCC(OC2c3ccccc3CCn3cc(-c4ccc(N(C)C(=O)C(C)(C)C)cc4)nc32)CC1. The molecule has 5 rings (SSSR count). The standard InChI is InChI=1S/C30H38N4O2/c1-30(2,3)29(35)33(5)23-12-10-22(11-13-23)26-20-34-19-14-21-8-6-7-9-25(21)27(28(34)31-26)36-24-15-17-32(4)18-16-24/h6-13,20,24,27H,14-19H2,1-5H3. The maximum absolute atomic E-state index is 12.7. The lowest BCUT2D eigenvalue weighted by molar-refractivity contribution is -0.125. The van der Waals surface area contributed by atoms with E-state index in [1.54, 1.807) is 4.90 Å². The van der Waals surface area contributed by atoms with Gasteiger partial charge in [-0.3, -0.25) is 4.79 Å². The third-order valence-corrected chi connectivity index (χ3v) is 7.49. The van der Waals surface area contributed by atoms with Crippen molar-refractivity contribution in [2.75, 3.05) is 32.1 Å². The van der Waals surface area contributed by atoms with Crippen molar-refractivity contribution in [3.63, 3.8) is 0 Å². The van der Waals surface area contributed by atoms with Gasteiger partial charge in [0.2, 0.25) is 5.91 Å². The Bertz CT molecular complexity index is 1220. The summed E-state index contributed by atoms with van der Waals surface area (Å²) in [6, 6.07) is 16.8. The van der Waals surface area contributed by atoms with Crippen molar-refractivity contribution in [3.8, 4) is 11.3 Å². The van der Waals surface area contributed by atoms with Gasteiger partial charge in [-0.25, -0.2) is 4.98 Å². The predicted octanol–water partition coefficient (Wildman–Crippen LogP) is 5.32. The third kappa shape index (κ3) is 4.97. The number of hydrogen-bond donors (Lipinski definition) is 0. The Kier molecular flexibility index (Phi) is 6.75. The van der Waals surface area contributed by atoms with Crippen LogP contribution >= 0.6 is 0 Å². The second kappa shape index (κ2) is 9.83. The van der Waals surface area contributed by atoms with Crippen LogP contribution in [0.3, 0.4) is 0 Å². The lowest BCUT2D eigenvalue weighted by Gasteiger charge is -2.32. The van der Waals surface area contributed by atoms with E-state index in [9.17, 15) is 4.79 Å². The molecule has 1 saturated heterocycles. The van der Waals surface area contributed by atoms with Gasteiger partial charge in [0.25, 0.3) is 0 Å². The quantitative estimate of drug-likeness (QED) is 0.501. The zero-order valence-electron chi connectivity index (χ0n) is 22.2. The zero-order valence-corrected chi connectivity index (χ0v) is 22.2. The van der Waals surface area contributed by atoms with Crippen molar-refractivity contribution in [1.29, 1.82) is 0 Å². The normalized spacial score (nSPS) is 18.9. The number of carbonyl (C=O) groups excluding carboxylic acids is 1. The summed E-state index contributed by atoms with van der Waals surface area (Å²) >= 11 is 0. The molecule has 36 heavy (non-hydrogen) atoms. The Balaban J connectivity index is 1.44. The number of anilines is 1. The Morgan fingerprint density at radius 2 is 1.72 bits per heavy atom. The van der Waals surface area contributed by atoms with E-state index < -0.39 is 5.41 Å². The van der Waals surface area contributed by atoms with Crippen LogP contribution in [-0.2, 0) is 22.5 Å². The molecular weight excluding hydrogens is 448 g/mol. The number of amides is 1.